The summed E-state index contributed by atoms with van der Waals surface area (Å²) in [6.45, 7) is 3.33. The first kappa shape index (κ1) is 15.7. The topological polar surface area (TPSA) is 65.1 Å². The van der Waals surface area contributed by atoms with Crippen LogP contribution < -0.4 is 0 Å². The van der Waals surface area contributed by atoms with Gasteiger partial charge in [-0.3, -0.25) is 4.79 Å². The molecule has 124 valence electrons. The number of carbonyl (C=O) groups is 1. The number of hydrogen-bond acceptors (Lipinski definition) is 5. The minimum atomic E-state index is 0.0264. The molecule has 3 aromatic rings. The second kappa shape index (κ2) is 6.27. The quantitative estimate of drug-likeness (QED) is 0.711. The van der Waals surface area contributed by atoms with Gasteiger partial charge in [-0.15, -0.1) is 11.3 Å². The maximum Gasteiger partial charge on any atom is 0.282 e. The number of carbonyl (C=O) groups excluding carboxylic acids is 1. The molecular weight excluding hydrogens is 390 g/mol. The number of amides is 1. The molecule has 4 rings (SSSR count). The second-order valence-corrected chi connectivity index (χ2v) is 7.66. The number of halogens is 1. The van der Waals surface area contributed by atoms with Crippen molar-refractivity contribution in [1.29, 1.82) is 0 Å². The maximum atomic E-state index is 12.6. The summed E-state index contributed by atoms with van der Waals surface area (Å²) in [5, 5.41) is 3.48. The molecular formula is C16H16BrN5OS. The molecule has 8 heteroatoms. The first-order valence-electron chi connectivity index (χ1n) is 7.68. The number of likely N-dealkylation sites (N-methyl/N-ethyl adjacent to an activating group) is 1. The lowest BCUT2D eigenvalue weighted by atomic mass is 10.2. The number of aromatic nitrogens is 3. The van der Waals surface area contributed by atoms with Crippen LogP contribution in [0.15, 0.2) is 28.3 Å². The smallest absolute Gasteiger partial charge is 0.282 e. The number of rotatable bonds is 2. The fraction of sp³-hybridized carbons (Fsp3) is 0.312. The molecule has 1 N–H and O–H groups in total. The number of nitrogens with zero attached hydrogens (tertiary/aromatic N) is 4. The van der Waals surface area contributed by atoms with E-state index in [1.165, 1.54) is 11.3 Å². The van der Waals surface area contributed by atoms with Crippen molar-refractivity contribution in [3.63, 3.8) is 0 Å². The molecule has 0 radical (unpaired) electrons. The van der Waals surface area contributed by atoms with Gasteiger partial charge in [-0.2, -0.15) is 0 Å². The Bertz CT molecular complexity index is 897. The molecule has 0 aromatic carbocycles. The Kier molecular flexibility index (Phi) is 4.11. The fourth-order valence-corrected chi connectivity index (χ4v) is 3.95. The van der Waals surface area contributed by atoms with Gasteiger partial charge >= 0.3 is 0 Å². The number of fused-ring (bicyclic) bond motifs is 1. The Hall–Kier alpha value is -1.77. The molecule has 0 unspecified atom stereocenters. The van der Waals surface area contributed by atoms with Gasteiger partial charge in [0.05, 0.1) is 5.69 Å². The van der Waals surface area contributed by atoms with Crippen molar-refractivity contribution in [2.75, 3.05) is 33.2 Å². The van der Waals surface area contributed by atoms with Crippen LogP contribution in [0.3, 0.4) is 0 Å². The minimum absolute atomic E-state index is 0.0264. The monoisotopic (exact) mass is 405 g/mol. The van der Waals surface area contributed by atoms with E-state index in [4.69, 9.17) is 0 Å². The lowest BCUT2D eigenvalue weighted by Crippen LogP contribution is -2.47. The number of H-pyrrole nitrogens is 1. The summed E-state index contributed by atoms with van der Waals surface area (Å²) in [7, 11) is 2.08. The first-order valence-corrected chi connectivity index (χ1v) is 9.35. The summed E-state index contributed by atoms with van der Waals surface area (Å²) >= 11 is 4.85. The molecule has 3 aromatic heterocycles. The van der Waals surface area contributed by atoms with Crippen LogP contribution in [-0.2, 0) is 0 Å². The molecule has 0 atom stereocenters. The standard InChI is InChI=1S/C16H16BrN5OS/c1-21-2-4-22(5-3-21)16(23)15-20-13(9-24-15)12-8-19-14-11(12)6-10(17)7-18-14/h6-9H,2-5H2,1H3,(H,18,19). The second-order valence-electron chi connectivity index (χ2n) is 5.89. The van der Waals surface area contributed by atoms with Crippen LogP contribution in [0.25, 0.3) is 22.3 Å². The first-order chi connectivity index (χ1) is 11.6. The zero-order chi connectivity index (χ0) is 16.7. The van der Waals surface area contributed by atoms with Crippen molar-refractivity contribution >= 4 is 44.2 Å². The van der Waals surface area contributed by atoms with Crippen molar-refractivity contribution in [3.8, 4) is 11.3 Å². The highest BCUT2D eigenvalue weighted by molar-refractivity contribution is 9.10. The Morgan fingerprint density at radius 1 is 1.33 bits per heavy atom. The van der Waals surface area contributed by atoms with Crippen LogP contribution >= 0.6 is 27.3 Å². The van der Waals surface area contributed by atoms with Gasteiger partial charge in [0.2, 0.25) is 0 Å². The van der Waals surface area contributed by atoms with E-state index in [1.54, 1.807) is 6.20 Å². The number of nitrogens with one attached hydrogen (secondary N) is 1. The Balaban J connectivity index is 1.62. The molecule has 24 heavy (non-hydrogen) atoms. The van der Waals surface area contributed by atoms with Crippen molar-refractivity contribution in [1.82, 2.24) is 24.8 Å². The molecule has 1 aliphatic rings. The van der Waals surface area contributed by atoms with Gasteiger partial charge in [-0.25, -0.2) is 9.97 Å². The predicted molar refractivity (Wildman–Crippen MR) is 98.3 cm³/mol. The van der Waals surface area contributed by atoms with Crippen LogP contribution in [0, 0.1) is 0 Å². The predicted octanol–water partition coefficient (Wildman–Crippen LogP) is 2.84. The summed E-state index contributed by atoms with van der Waals surface area (Å²) in [6, 6.07) is 2.01. The van der Waals surface area contributed by atoms with Crippen LogP contribution in [0.4, 0.5) is 0 Å². The van der Waals surface area contributed by atoms with E-state index in [-0.39, 0.29) is 5.91 Å². The number of thiazole rings is 1. The van der Waals surface area contributed by atoms with E-state index >= 15 is 0 Å². The van der Waals surface area contributed by atoms with E-state index in [9.17, 15) is 4.79 Å². The number of pyridine rings is 1. The maximum absolute atomic E-state index is 12.6. The largest absolute Gasteiger partial charge is 0.345 e. The average Bonchev–Trinajstić information content (AvgIpc) is 3.21. The van der Waals surface area contributed by atoms with E-state index in [0.717, 1.165) is 52.9 Å². The molecule has 0 aliphatic carbocycles. The van der Waals surface area contributed by atoms with Gasteiger partial charge < -0.3 is 14.8 Å². The third-order valence-corrected chi connectivity index (χ3v) is 5.52. The van der Waals surface area contributed by atoms with Crippen molar-refractivity contribution in [3.05, 3.63) is 33.3 Å². The Morgan fingerprint density at radius 2 is 2.12 bits per heavy atom. The lowest BCUT2D eigenvalue weighted by molar-refractivity contribution is 0.0664. The van der Waals surface area contributed by atoms with Crippen LogP contribution in [0.1, 0.15) is 9.80 Å². The van der Waals surface area contributed by atoms with Gasteiger partial charge in [0.25, 0.3) is 5.91 Å². The minimum Gasteiger partial charge on any atom is -0.345 e. The third-order valence-electron chi connectivity index (χ3n) is 4.25. The Morgan fingerprint density at radius 3 is 2.92 bits per heavy atom. The molecule has 4 heterocycles. The van der Waals surface area contributed by atoms with Gasteiger partial charge in [0.15, 0.2) is 5.01 Å². The number of hydrogen-bond donors (Lipinski definition) is 1. The van der Waals surface area contributed by atoms with E-state index in [2.05, 4.69) is 42.8 Å². The van der Waals surface area contributed by atoms with Gasteiger partial charge in [0, 0.05) is 59.4 Å². The lowest BCUT2D eigenvalue weighted by Gasteiger charge is -2.31. The summed E-state index contributed by atoms with van der Waals surface area (Å²) < 4.78 is 0.916. The number of aromatic amines is 1. The molecule has 0 saturated carbocycles. The normalized spacial score (nSPS) is 16.0. The van der Waals surface area contributed by atoms with E-state index in [1.807, 2.05) is 22.5 Å². The SMILES string of the molecule is CN1CCN(C(=O)c2nc(-c3c[nH]c4ncc(Br)cc34)cs2)CC1. The zero-order valence-electron chi connectivity index (χ0n) is 13.1. The molecule has 1 saturated heterocycles. The molecule has 0 spiro atoms. The fourth-order valence-electron chi connectivity index (χ4n) is 2.83. The van der Waals surface area contributed by atoms with Crippen LogP contribution in [0.2, 0.25) is 0 Å². The summed E-state index contributed by atoms with van der Waals surface area (Å²) in [4.78, 5) is 28.8. The summed E-state index contributed by atoms with van der Waals surface area (Å²) in [6.07, 6.45) is 3.65. The third kappa shape index (κ3) is 2.85. The van der Waals surface area contributed by atoms with Gasteiger partial charge in [-0.05, 0) is 29.0 Å². The summed E-state index contributed by atoms with van der Waals surface area (Å²) in [5.74, 6) is 0.0264. The van der Waals surface area contributed by atoms with Gasteiger partial charge in [-0.1, -0.05) is 0 Å². The Labute approximate surface area is 151 Å². The van der Waals surface area contributed by atoms with Crippen LogP contribution in [-0.4, -0.2) is 63.9 Å². The van der Waals surface area contributed by atoms with Gasteiger partial charge in [0.1, 0.15) is 5.65 Å². The molecule has 0 bridgehead atoms. The van der Waals surface area contributed by atoms with Crippen molar-refractivity contribution in [2.45, 2.75) is 0 Å². The highest BCUT2D eigenvalue weighted by Gasteiger charge is 2.23. The highest BCUT2D eigenvalue weighted by atomic mass is 79.9. The highest BCUT2D eigenvalue weighted by Crippen LogP contribution is 2.30. The van der Waals surface area contributed by atoms with Crippen molar-refractivity contribution in [2.24, 2.45) is 0 Å². The van der Waals surface area contributed by atoms with E-state index < -0.39 is 0 Å². The zero-order valence-corrected chi connectivity index (χ0v) is 15.5. The molecule has 1 fully saturated rings. The van der Waals surface area contributed by atoms with Crippen LogP contribution in [0.5, 0.6) is 0 Å². The summed E-state index contributed by atoms with van der Waals surface area (Å²) in [5.41, 5.74) is 2.59. The van der Waals surface area contributed by atoms with E-state index in [0.29, 0.717) is 5.01 Å². The average molecular weight is 406 g/mol. The molecule has 6 nitrogen and oxygen atoms in total. The molecule has 1 amide bonds. The van der Waals surface area contributed by atoms with Crippen molar-refractivity contribution < 1.29 is 4.79 Å². The number of piperazine rings is 1. The molecule has 1 aliphatic heterocycles.